The van der Waals surface area contributed by atoms with Gasteiger partial charge in [-0.15, -0.1) is 0 Å². The number of benzene rings is 2. The van der Waals surface area contributed by atoms with E-state index in [1.807, 2.05) is 31.2 Å². The highest BCUT2D eigenvalue weighted by molar-refractivity contribution is 5.94. The van der Waals surface area contributed by atoms with Crippen LogP contribution in [0.1, 0.15) is 33.6 Å². The molecule has 2 aromatic rings. The molecule has 150 valence electrons. The van der Waals surface area contributed by atoms with Gasteiger partial charge in [0.1, 0.15) is 5.75 Å². The van der Waals surface area contributed by atoms with E-state index in [2.05, 4.69) is 29.8 Å². The second-order valence-electron chi connectivity index (χ2n) is 7.01. The molecule has 0 radical (unpaired) electrons. The summed E-state index contributed by atoms with van der Waals surface area (Å²) in [5.41, 5.74) is 2.24. The minimum absolute atomic E-state index is 0.0101. The Bertz CT molecular complexity index is 756. The van der Waals surface area contributed by atoms with Crippen molar-refractivity contribution in [1.82, 2.24) is 0 Å². The molecule has 6 nitrogen and oxygen atoms in total. The third kappa shape index (κ3) is 7.70. The van der Waals surface area contributed by atoms with Crippen LogP contribution in [0.3, 0.4) is 0 Å². The first-order chi connectivity index (χ1) is 13.5. The molecule has 6 heteroatoms. The van der Waals surface area contributed by atoms with Crippen molar-refractivity contribution in [2.75, 3.05) is 29.1 Å². The van der Waals surface area contributed by atoms with Gasteiger partial charge in [0.2, 0.25) is 11.8 Å². The lowest BCUT2D eigenvalue weighted by molar-refractivity contribution is -0.116. The molecule has 0 atom stereocenters. The van der Waals surface area contributed by atoms with Gasteiger partial charge in [-0.1, -0.05) is 20.8 Å². The zero-order valence-electron chi connectivity index (χ0n) is 16.7. The maximum atomic E-state index is 12.1. The SMILES string of the molecule is CCCC(=O)Nc1ccc(NC(=O)CNc2ccc(OCC(C)C)cc2)cc1. The Balaban J connectivity index is 1.76. The lowest BCUT2D eigenvalue weighted by Gasteiger charge is -2.11. The third-order valence-corrected chi connectivity index (χ3v) is 3.82. The van der Waals surface area contributed by atoms with E-state index in [0.717, 1.165) is 17.9 Å². The minimum atomic E-state index is -0.150. The van der Waals surface area contributed by atoms with E-state index in [9.17, 15) is 9.59 Å². The molecule has 0 aromatic heterocycles. The molecule has 2 rings (SSSR count). The number of ether oxygens (including phenoxy) is 1. The van der Waals surface area contributed by atoms with Gasteiger partial charge in [-0.05, 0) is 60.9 Å². The van der Waals surface area contributed by atoms with Crippen molar-refractivity contribution in [3.05, 3.63) is 48.5 Å². The molecule has 0 spiro atoms. The van der Waals surface area contributed by atoms with Crippen LogP contribution in [0.5, 0.6) is 5.75 Å². The molecule has 0 bridgehead atoms. The van der Waals surface area contributed by atoms with Gasteiger partial charge < -0.3 is 20.7 Å². The molecule has 0 aliphatic rings. The summed E-state index contributed by atoms with van der Waals surface area (Å²) in [7, 11) is 0. The molecule has 2 amide bonds. The largest absolute Gasteiger partial charge is 0.493 e. The van der Waals surface area contributed by atoms with Crippen LogP contribution in [0.25, 0.3) is 0 Å². The molecule has 0 unspecified atom stereocenters. The summed E-state index contributed by atoms with van der Waals surface area (Å²) < 4.78 is 5.64. The van der Waals surface area contributed by atoms with Crippen molar-refractivity contribution >= 4 is 28.9 Å². The highest BCUT2D eigenvalue weighted by Crippen LogP contribution is 2.17. The second-order valence-corrected chi connectivity index (χ2v) is 7.01. The van der Waals surface area contributed by atoms with Crippen molar-refractivity contribution < 1.29 is 14.3 Å². The predicted molar refractivity (Wildman–Crippen MR) is 114 cm³/mol. The van der Waals surface area contributed by atoms with Gasteiger partial charge >= 0.3 is 0 Å². The van der Waals surface area contributed by atoms with Crippen molar-refractivity contribution in [3.8, 4) is 5.75 Å². The number of rotatable bonds is 10. The molecule has 0 saturated heterocycles. The van der Waals surface area contributed by atoms with Gasteiger partial charge in [-0.2, -0.15) is 0 Å². The van der Waals surface area contributed by atoms with Gasteiger partial charge in [0.15, 0.2) is 0 Å². The number of hydrogen-bond acceptors (Lipinski definition) is 4. The summed E-state index contributed by atoms with van der Waals surface area (Å²) in [6.07, 6.45) is 1.30. The first-order valence-electron chi connectivity index (χ1n) is 9.62. The molecule has 0 fully saturated rings. The maximum absolute atomic E-state index is 12.1. The van der Waals surface area contributed by atoms with Crippen LogP contribution in [-0.2, 0) is 9.59 Å². The third-order valence-electron chi connectivity index (χ3n) is 3.82. The predicted octanol–water partition coefficient (Wildman–Crippen LogP) is 4.51. The zero-order chi connectivity index (χ0) is 20.4. The number of nitrogens with one attached hydrogen (secondary N) is 3. The summed E-state index contributed by atoms with van der Waals surface area (Å²) in [6.45, 7) is 6.99. The smallest absolute Gasteiger partial charge is 0.243 e. The molecular formula is C22H29N3O3. The fourth-order valence-corrected chi connectivity index (χ4v) is 2.41. The summed E-state index contributed by atoms with van der Waals surface area (Å²) in [6, 6.07) is 14.6. The van der Waals surface area contributed by atoms with E-state index >= 15 is 0 Å². The molecule has 0 saturated carbocycles. The molecule has 0 aliphatic heterocycles. The van der Waals surface area contributed by atoms with E-state index in [1.54, 1.807) is 24.3 Å². The summed E-state index contributed by atoms with van der Waals surface area (Å²) in [4.78, 5) is 23.7. The number of hydrogen-bond donors (Lipinski definition) is 3. The monoisotopic (exact) mass is 383 g/mol. The number of amides is 2. The van der Waals surface area contributed by atoms with Crippen LogP contribution < -0.4 is 20.7 Å². The Hall–Kier alpha value is -3.02. The highest BCUT2D eigenvalue weighted by atomic mass is 16.5. The van der Waals surface area contributed by atoms with Crippen LogP contribution in [0.4, 0.5) is 17.1 Å². The standard InChI is InChI=1S/C22H29N3O3/c1-4-5-21(26)24-18-6-8-19(9-7-18)25-22(27)14-23-17-10-12-20(13-11-17)28-15-16(2)3/h6-13,16,23H,4-5,14-15H2,1-3H3,(H,24,26)(H,25,27). The van der Waals surface area contributed by atoms with E-state index in [-0.39, 0.29) is 18.4 Å². The fraction of sp³-hybridized carbons (Fsp3) is 0.364. The van der Waals surface area contributed by atoms with Crippen LogP contribution in [-0.4, -0.2) is 25.0 Å². The van der Waals surface area contributed by atoms with Crippen LogP contribution >= 0.6 is 0 Å². The Morgan fingerprint density at radius 3 is 1.93 bits per heavy atom. The van der Waals surface area contributed by atoms with Gasteiger partial charge in [0.25, 0.3) is 0 Å². The summed E-state index contributed by atoms with van der Waals surface area (Å²) in [5.74, 6) is 1.13. The number of carbonyl (C=O) groups is 2. The lowest BCUT2D eigenvalue weighted by Crippen LogP contribution is -2.21. The Morgan fingerprint density at radius 1 is 0.857 bits per heavy atom. The second kappa shape index (κ2) is 11.0. The van der Waals surface area contributed by atoms with Gasteiger partial charge in [0, 0.05) is 23.5 Å². The normalized spacial score (nSPS) is 10.4. The fourth-order valence-electron chi connectivity index (χ4n) is 2.41. The van der Waals surface area contributed by atoms with E-state index < -0.39 is 0 Å². The minimum Gasteiger partial charge on any atom is -0.493 e. The van der Waals surface area contributed by atoms with Crippen LogP contribution in [0, 0.1) is 5.92 Å². The number of anilines is 3. The first-order valence-corrected chi connectivity index (χ1v) is 9.62. The van der Waals surface area contributed by atoms with E-state index in [0.29, 0.717) is 30.3 Å². The average Bonchev–Trinajstić information content (AvgIpc) is 2.67. The van der Waals surface area contributed by atoms with Gasteiger partial charge in [-0.3, -0.25) is 9.59 Å². The molecule has 28 heavy (non-hydrogen) atoms. The molecule has 2 aromatic carbocycles. The van der Waals surface area contributed by atoms with Gasteiger partial charge in [0.05, 0.1) is 13.2 Å². The molecule has 3 N–H and O–H groups in total. The van der Waals surface area contributed by atoms with E-state index in [4.69, 9.17) is 4.74 Å². The topological polar surface area (TPSA) is 79.5 Å². The summed E-state index contributed by atoms with van der Waals surface area (Å²) in [5, 5.41) is 8.72. The lowest BCUT2D eigenvalue weighted by atomic mass is 10.2. The highest BCUT2D eigenvalue weighted by Gasteiger charge is 2.05. The van der Waals surface area contributed by atoms with Crippen molar-refractivity contribution in [3.63, 3.8) is 0 Å². The Labute approximate surface area is 166 Å². The first kappa shape index (κ1) is 21.3. The van der Waals surface area contributed by atoms with Crippen molar-refractivity contribution in [2.24, 2.45) is 5.92 Å². The molecular weight excluding hydrogens is 354 g/mol. The van der Waals surface area contributed by atoms with Crippen molar-refractivity contribution in [1.29, 1.82) is 0 Å². The summed E-state index contributed by atoms with van der Waals surface area (Å²) >= 11 is 0. The van der Waals surface area contributed by atoms with E-state index in [1.165, 1.54) is 0 Å². The van der Waals surface area contributed by atoms with Crippen molar-refractivity contribution in [2.45, 2.75) is 33.6 Å². The quantitative estimate of drug-likeness (QED) is 0.564. The Morgan fingerprint density at radius 2 is 1.39 bits per heavy atom. The maximum Gasteiger partial charge on any atom is 0.243 e. The molecule has 0 heterocycles. The zero-order valence-corrected chi connectivity index (χ0v) is 16.7. The Kier molecular flexibility index (Phi) is 8.34. The molecule has 0 aliphatic carbocycles. The van der Waals surface area contributed by atoms with Crippen LogP contribution in [0.2, 0.25) is 0 Å². The average molecular weight is 383 g/mol. The van der Waals surface area contributed by atoms with Gasteiger partial charge in [-0.25, -0.2) is 0 Å². The van der Waals surface area contributed by atoms with Crippen LogP contribution in [0.15, 0.2) is 48.5 Å². The number of carbonyl (C=O) groups excluding carboxylic acids is 2.